The average Bonchev–Trinajstić information content (AvgIpc) is 2.42. The van der Waals surface area contributed by atoms with Crippen molar-refractivity contribution in [2.24, 2.45) is 5.92 Å². The van der Waals surface area contributed by atoms with Gasteiger partial charge in [-0.15, -0.1) is 0 Å². The summed E-state index contributed by atoms with van der Waals surface area (Å²) in [6.07, 6.45) is 5.63. The highest BCUT2D eigenvalue weighted by atomic mass is 19.2. The fraction of sp³-hybridized carbons (Fsp3) is 0.588. The van der Waals surface area contributed by atoms with Gasteiger partial charge >= 0.3 is 0 Å². The molecule has 2 nitrogen and oxygen atoms in total. The van der Waals surface area contributed by atoms with Crippen LogP contribution in [0.15, 0.2) is 18.2 Å². The summed E-state index contributed by atoms with van der Waals surface area (Å²) in [6, 6.07) is 4.77. The molecule has 3 rings (SSSR count). The normalized spacial score (nSPS) is 29.4. The lowest BCUT2D eigenvalue weighted by atomic mass is 9.76. The monoisotopic (exact) mass is 293 g/mol. The van der Waals surface area contributed by atoms with Crippen LogP contribution in [-0.2, 0) is 11.2 Å². The molecule has 0 saturated carbocycles. The number of carbonyl (C=O) groups excluding carboxylic acids is 1. The average molecular weight is 293 g/mol. The second kappa shape index (κ2) is 5.84. The highest BCUT2D eigenvalue weighted by Gasteiger charge is 2.38. The highest BCUT2D eigenvalue weighted by Crippen LogP contribution is 2.36. The lowest BCUT2D eigenvalue weighted by Gasteiger charge is -2.46. The van der Waals surface area contributed by atoms with Crippen LogP contribution in [0.25, 0.3) is 0 Å². The molecule has 2 heterocycles. The van der Waals surface area contributed by atoms with Crippen LogP contribution in [0.2, 0.25) is 0 Å². The Bertz CT molecular complexity index is 532. The van der Waals surface area contributed by atoms with Gasteiger partial charge in [0.2, 0.25) is 0 Å². The van der Waals surface area contributed by atoms with E-state index in [4.69, 9.17) is 0 Å². The number of halogens is 2. The summed E-state index contributed by atoms with van der Waals surface area (Å²) in [5.74, 6) is -1.49. The number of Topliss-reactive ketones (excluding diaryl/α,β-unsaturated/α-hetero) is 1. The van der Waals surface area contributed by atoms with Gasteiger partial charge in [0.25, 0.3) is 0 Å². The number of carbonyl (C=O) groups is 1. The van der Waals surface area contributed by atoms with Gasteiger partial charge in [0.1, 0.15) is 5.78 Å². The fourth-order valence-corrected chi connectivity index (χ4v) is 3.87. The van der Waals surface area contributed by atoms with E-state index in [1.54, 1.807) is 0 Å². The number of nitrogens with zero attached hydrogens (tertiary/aromatic N) is 1. The van der Waals surface area contributed by atoms with Crippen LogP contribution in [-0.4, -0.2) is 29.8 Å². The van der Waals surface area contributed by atoms with Crippen molar-refractivity contribution in [1.29, 1.82) is 0 Å². The molecule has 2 bridgehead atoms. The summed E-state index contributed by atoms with van der Waals surface area (Å²) in [6.45, 7) is 0. The SMILES string of the molecule is CN1C2CCCC1CC(C(=O)Cc1ccc(F)c(F)c1)C2. The van der Waals surface area contributed by atoms with Gasteiger partial charge in [-0.3, -0.25) is 4.79 Å². The van der Waals surface area contributed by atoms with Crippen LogP contribution in [0.1, 0.15) is 37.7 Å². The molecule has 2 aliphatic heterocycles. The molecule has 1 aromatic carbocycles. The lowest BCUT2D eigenvalue weighted by molar-refractivity contribution is -0.125. The lowest BCUT2D eigenvalue weighted by Crippen LogP contribution is -2.51. The van der Waals surface area contributed by atoms with E-state index in [0.717, 1.165) is 25.0 Å². The van der Waals surface area contributed by atoms with Gasteiger partial charge in [0.15, 0.2) is 11.6 Å². The number of fused-ring (bicyclic) bond motifs is 2. The maximum absolute atomic E-state index is 13.2. The van der Waals surface area contributed by atoms with E-state index in [1.807, 2.05) is 0 Å². The van der Waals surface area contributed by atoms with Crippen molar-refractivity contribution in [3.63, 3.8) is 0 Å². The second-order valence-electron chi connectivity index (χ2n) is 6.46. The molecular formula is C17H21F2NO. The molecule has 0 spiro atoms. The molecule has 2 unspecified atom stereocenters. The van der Waals surface area contributed by atoms with Gasteiger partial charge in [-0.1, -0.05) is 12.5 Å². The summed E-state index contributed by atoms with van der Waals surface area (Å²) >= 11 is 0. The summed E-state index contributed by atoms with van der Waals surface area (Å²) in [7, 11) is 2.16. The molecule has 0 amide bonds. The Morgan fingerprint density at radius 3 is 2.48 bits per heavy atom. The predicted molar refractivity (Wildman–Crippen MR) is 77.0 cm³/mol. The zero-order chi connectivity index (χ0) is 15.0. The molecule has 1 aromatic rings. The van der Waals surface area contributed by atoms with Gasteiger partial charge in [-0.25, -0.2) is 8.78 Å². The van der Waals surface area contributed by atoms with Gasteiger partial charge in [-0.05, 0) is 50.4 Å². The van der Waals surface area contributed by atoms with E-state index in [2.05, 4.69) is 11.9 Å². The van der Waals surface area contributed by atoms with Crippen LogP contribution < -0.4 is 0 Å². The van der Waals surface area contributed by atoms with E-state index in [9.17, 15) is 13.6 Å². The molecule has 0 radical (unpaired) electrons. The quantitative estimate of drug-likeness (QED) is 0.852. The molecule has 4 heteroatoms. The van der Waals surface area contributed by atoms with Crippen LogP contribution in [0.4, 0.5) is 8.78 Å². The van der Waals surface area contributed by atoms with Crippen LogP contribution in [0.5, 0.6) is 0 Å². The Morgan fingerprint density at radius 1 is 1.19 bits per heavy atom. The van der Waals surface area contributed by atoms with Crippen molar-refractivity contribution < 1.29 is 13.6 Å². The fourth-order valence-electron chi connectivity index (χ4n) is 3.87. The number of ketones is 1. The molecule has 0 N–H and O–H groups in total. The van der Waals surface area contributed by atoms with Gasteiger partial charge in [0, 0.05) is 24.4 Å². The van der Waals surface area contributed by atoms with Gasteiger partial charge in [-0.2, -0.15) is 0 Å². The van der Waals surface area contributed by atoms with Crippen molar-refractivity contribution in [1.82, 2.24) is 4.90 Å². The molecule has 2 aliphatic rings. The Labute approximate surface area is 124 Å². The summed E-state index contributed by atoms with van der Waals surface area (Å²) in [4.78, 5) is 14.9. The topological polar surface area (TPSA) is 20.3 Å². The number of piperidine rings is 2. The maximum Gasteiger partial charge on any atom is 0.159 e. The Hall–Kier alpha value is -1.29. The molecule has 114 valence electrons. The Kier molecular flexibility index (Phi) is 4.07. The molecule has 2 atom stereocenters. The molecule has 2 saturated heterocycles. The van der Waals surface area contributed by atoms with E-state index in [0.29, 0.717) is 17.6 Å². The van der Waals surface area contributed by atoms with Crippen LogP contribution in [0, 0.1) is 17.6 Å². The third-order valence-electron chi connectivity index (χ3n) is 5.16. The summed E-state index contributed by atoms with van der Waals surface area (Å²) in [5, 5.41) is 0. The number of benzene rings is 1. The van der Waals surface area contributed by atoms with Crippen molar-refractivity contribution in [2.45, 2.75) is 50.6 Å². The zero-order valence-electron chi connectivity index (χ0n) is 12.3. The highest BCUT2D eigenvalue weighted by molar-refractivity contribution is 5.83. The van der Waals surface area contributed by atoms with Crippen LogP contribution in [0.3, 0.4) is 0 Å². The molecular weight excluding hydrogens is 272 g/mol. The van der Waals surface area contributed by atoms with Gasteiger partial charge < -0.3 is 4.90 Å². The Morgan fingerprint density at radius 2 is 1.86 bits per heavy atom. The molecule has 21 heavy (non-hydrogen) atoms. The number of hydrogen-bond donors (Lipinski definition) is 0. The third-order valence-corrected chi connectivity index (χ3v) is 5.16. The first-order valence-corrected chi connectivity index (χ1v) is 7.73. The summed E-state index contributed by atoms with van der Waals surface area (Å²) in [5.41, 5.74) is 0.572. The minimum Gasteiger partial charge on any atom is -0.300 e. The molecule has 2 fully saturated rings. The van der Waals surface area contributed by atoms with E-state index in [-0.39, 0.29) is 18.1 Å². The standard InChI is InChI=1S/C17H21F2NO/c1-20-13-3-2-4-14(20)10-12(9-13)17(21)8-11-5-6-15(18)16(19)7-11/h5-7,12-14H,2-4,8-10H2,1H3. The van der Waals surface area contributed by atoms with Crippen molar-refractivity contribution in [3.8, 4) is 0 Å². The van der Waals surface area contributed by atoms with Crippen molar-refractivity contribution in [3.05, 3.63) is 35.4 Å². The smallest absolute Gasteiger partial charge is 0.159 e. The minimum absolute atomic E-state index is 0.0737. The first-order valence-electron chi connectivity index (χ1n) is 7.73. The largest absolute Gasteiger partial charge is 0.300 e. The molecule has 0 aliphatic carbocycles. The zero-order valence-corrected chi connectivity index (χ0v) is 12.3. The van der Waals surface area contributed by atoms with E-state index >= 15 is 0 Å². The second-order valence-corrected chi connectivity index (χ2v) is 6.46. The maximum atomic E-state index is 13.2. The predicted octanol–water partition coefficient (Wildman–Crippen LogP) is 3.34. The molecule has 0 aromatic heterocycles. The first-order chi connectivity index (χ1) is 10.0. The van der Waals surface area contributed by atoms with Crippen molar-refractivity contribution in [2.75, 3.05) is 7.05 Å². The van der Waals surface area contributed by atoms with Gasteiger partial charge in [0.05, 0.1) is 0 Å². The third kappa shape index (κ3) is 3.00. The van der Waals surface area contributed by atoms with Crippen molar-refractivity contribution >= 4 is 5.78 Å². The Balaban J connectivity index is 1.67. The first kappa shape index (κ1) is 14.6. The van der Waals surface area contributed by atoms with E-state index in [1.165, 1.54) is 25.3 Å². The minimum atomic E-state index is -0.874. The van der Waals surface area contributed by atoms with E-state index < -0.39 is 11.6 Å². The van der Waals surface area contributed by atoms with Crippen LogP contribution >= 0.6 is 0 Å². The number of rotatable bonds is 3. The number of hydrogen-bond acceptors (Lipinski definition) is 2. The summed E-state index contributed by atoms with van der Waals surface area (Å²) < 4.78 is 26.1.